The Labute approximate surface area is 181 Å². The van der Waals surface area contributed by atoms with E-state index < -0.39 is 15.9 Å². The second-order valence-corrected chi connectivity index (χ2v) is 10.1. The number of primary amides is 1. The molecule has 3 aromatic rings. The Hall–Kier alpha value is -2.92. The largest absolute Gasteiger partial charge is 0.378 e. The molecule has 4 rings (SSSR count). The van der Waals surface area contributed by atoms with E-state index >= 15 is 0 Å². The minimum absolute atomic E-state index is 0.110. The maximum atomic E-state index is 12.2. The van der Waals surface area contributed by atoms with Crippen LogP contribution in [-0.4, -0.2) is 63.4 Å². The van der Waals surface area contributed by atoms with Gasteiger partial charge in [-0.3, -0.25) is 9.48 Å². The zero-order chi connectivity index (χ0) is 22.5. The molecule has 3 N–H and O–H groups in total. The molecule has 31 heavy (non-hydrogen) atoms. The lowest BCUT2D eigenvalue weighted by molar-refractivity contribution is 0.100. The number of fused-ring (bicyclic) bond motifs is 1. The molecule has 10 nitrogen and oxygen atoms in total. The maximum absolute atomic E-state index is 12.2. The molecule has 0 saturated carbocycles. The van der Waals surface area contributed by atoms with Gasteiger partial charge in [-0.15, -0.1) is 0 Å². The second kappa shape index (κ2) is 7.65. The first-order valence-corrected chi connectivity index (χ1v) is 12.0. The van der Waals surface area contributed by atoms with Gasteiger partial charge in [-0.1, -0.05) is 13.3 Å². The van der Waals surface area contributed by atoms with Gasteiger partial charge in [0, 0.05) is 49.2 Å². The minimum atomic E-state index is -3.30. The highest BCUT2D eigenvalue weighted by molar-refractivity contribution is 7.88. The van der Waals surface area contributed by atoms with Crippen molar-refractivity contribution in [1.29, 1.82) is 0 Å². The molecule has 11 heteroatoms. The van der Waals surface area contributed by atoms with Gasteiger partial charge in [-0.25, -0.2) is 12.9 Å². The van der Waals surface area contributed by atoms with E-state index in [4.69, 9.17) is 5.73 Å². The van der Waals surface area contributed by atoms with Crippen LogP contribution in [0, 0.1) is 12.8 Å². The number of sulfonamides is 1. The molecule has 1 saturated heterocycles. The van der Waals surface area contributed by atoms with Gasteiger partial charge in [0.2, 0.25) is 10.0 Å². The highest BCUT2D eigenvalue weighted by Gasteiger charge is 2.36. The first-order valence-electron chi connectivity index (χ1n) is 10.1. The summed E-state index contributed by atoms with van der Waals surface area (Å²) in [4.78, 5) is 12.2. The summed E-state index contributed by atoms with van der Waals surface area (Å²) in [6.45, 7) is 4.79. The fraction of sp³-hybridized carbons (Fsp3) is 0.450. The number of amides is 1. The lowest BCUT2D eigenvalue weighted by atomic mass is 10.00. The summed E-state index contributed by atoms with van der Waals surface area (Å²) in [5.41, 5.74) is 10.1. The average molecular weight is 446 g/mol. The molecule has 0 unspecified atom stereocenters. The van der Waals surface area contributed by atoms with Crippen molar-refractivity contribution in [3.8, 4) is 11.1 Å². The van der Waals surface area contributed by atoms with E-state index in [1.807, 2.05) is 33.2 Å². The summed E-state index contributed by atoms with van der Waals surface area (Å²) in [5.74, 6) is -0.484. The fourth-order valence-corrected chi connectivity index (χ4v) is 5.08. The summed E-state index contributed by atoms with van der Waals surface area (Å²) < 4.78 is 29.1. The van der Waals surface area contributed by atoms with Crippen LogP contribution in [0.15, 0.2) is 24.7 Å². The van der Waals surface area contributed by atoms with Gasteiger partial charge in [0.25, 0.3) is 5.91 Å². The molecular weight excluding hydrogens is 418 g/mol. The Kier molecular flexibility index (Phi) is 5.26. The quantitative estimate of drug-likeness (QED) is 0.587. The van der Waals surface area contributed by atoms with Gasteiger partial charge in [0.1, 0.15) is 0 Å². The zero-order valence-electron chi connectivity index (χ0n) is 18.0. The van der Waals surface area contributed by atoms with Gasteiger partial charge in [-0.05, 0) is 18.9 Å². The van der Waals surface area contributed by atoms with Gasteiger partial charge < -0.3 is 11.1 Å². The standard InChI is InChI=1S/C20H27N7O3S/c1-5-13-9-26(31(4,29)30)11-17(13)24-19-16(20(21)28)8-23-27-10-14(6-18(19)27)15-7-22-25(3)12(15)2/h6-8,10,13,17,24H,5,9,11H2,1-4H3,(H2,21,28)/t13-,17+/m0/s1. The first-order chi connectivity index (χ1) is 14.6. The van der Waals surface area contributed by atoms with Crippen molar-refractivity contribution < 1.29 is 13.2 Å². The Morgan fingerprint density at radius 2 is 2.03 bits per heavy atom. The van der Waals surface area contributed by atoms with Gasteiger partial charge in [-0.2, -0.15) is 14.5 Å². The van der Waals surface area contributed by atoms with Crippen molar-refractivity contribution in [2.45, 2.75) is 26.3 Å². The van der Waals surface area contributed by atoms with Crippen LogP contribution in [0.4, 0.5) is 5.69 Å². The van der Waals surface area contributed by atoms with Gasteiger partial charge >= 0.3 is 0 Å². The molecule has 166 valence electrons. The number of nitrogens with one attached hydrogen (secondary N) is 1. The van der Waals surface area contributed by atoms with Crippen LogP contribution in [0.3, 0.4) is 0 Å². The zero-order valence-corrected chi connectivity index (χ0v) is 18.8. The molecule has 0 radical (unpaired) electrons. The number of hydrogen-bond acceptors (Lipinski definition) is 6. The number of anilines is 1. The van der Waals surface area contributed by atoms with E-state index in [-0.39, 0.29) is 17.5 Å². The molecule has 1 aliphatic rings. The van der Waals surface area contributed by atoms with Crippen LogP contribution in [-0.2, 0) is 17.1 Å². The van der Waals surface area contributed by atoms with E-state index in [0.717, 1.165) is 23.2 Å². The molecule has 2 atom stereocenters. The van der Waals surface area contributed by atoms with Crippen molar-refractivity contribution in [1.82, 2.24) is 23.7 Å². The van der Waals surface area contributed by atoms with Crippen molar-refractivity contribution in [2.24, 2.45) is 18.7 Å². The number of nitrogens with zero attached hydrogens (tertiary/aromatic N) is 5. The predicted molar refractivity (Wildman–Crippen MR) is 118 cm³/mol. The van der Waals surface area contributed by atoms with Crippen LogP contribution < -0.4 is 11.1 Å². The van der Waals surface area contributed by atoms with Gasteiger partial charge in [0.15, 0.2) is 0 Å². The lowest BCUT2D eigenvalue weighted by Crippen LogP contribution is -2.32. The summed E-state index contributed by atoms with van der Waals surface area (Å²) in [5, 5.41) is 12.1. The van der Waals surface area contributed by atoms with Crippen LogP contribution >= 0.6 is 0 Å². The first kappa shape index (κ1) is 21.3. The molecule has 4 heterocycles. The number of carbonyl (C=O) groups is 1. The summed E-state index contributed by atoms with van der Waals surface area (Å²) in [7, 11) is -1.42. The normalized spacial score (nSPS) is 19.9. The van der Waals surface area contributed by atoms with Crippen molar-refractivity contribution in [3.63, 3.8) is 0 Å². The van der Waals surface area contributed by atoms with Crippen molar-refractivity contribution >= 4 is 27.1 Å². The van der Waals surface area contributed by atoms with Crippen LogP contribution in [0.1, 0.15) is 29.4 Å². The van der Waals surface area contributed by atoms with E-state index in [2.05, 4.69) is 15.5 Å². The van der Waals surface area contributed by atoms with Crippen molar-refractivity contribution in [2.75, 3.05) is 24.7 Å². The Morgan fingerprint density at radius 1 is 1.29 bits per heavy atom. The highest BCUT2D eigenvalue weighted by Crippen LogP contribution is 2.32. The predicted octanol–water partition coefficient (Wildman–Crippen LogP) is 1.22. The third-order valence-electron chi connectivity index (χ3n) is 6.18. The van der Waals surface area contributed by atoms with E-state index in [9.17, 15) is 13.2 Å². The maximum Gasteiger partial charge on any atom is 0.252 e. The molecule has 1 aliphatic heterocycles. The third-order valence-corrected chi connectivity index (χ3v) is 7.42. The van der Waals surface area contributed by atoms with E-state index in [0.29, 0.717) is 24.3 Å². The molecular formula is C20H27N7O3S. The molecule has 0 aromatic carbocycles. The molecule has 0 aliphatic carbocycles. The number of nitrogens with two attached hydrogens (primary N) is 1. The number of aryl methyl sites for hydroxylation is 1. The van der Waals surface area contributed by atoms with E-state index in [1.165, 1.54) is 16.8 Å². The number of carbonyl (C=O) groups excluding carboxylic acids is 1. The molecule has 0 spiro atoms. The van der Waals surface area contributed by atoms with Crippen LogP contribution in [0.2, 0.25) is 0 Å². The number of hydrogen-bond donors (Lipinski definition) is 2. The van der Waals surface area contributed by atoms with E-state index in [1.54, 1.807) is 15.4 Å². The average Bonchev–Trinajstić information content (AvgIpc) is 3.39. The summed E-state index contributed by atoms with van der Waals surface area (Å²) in [6, 6.07) is 1.79. The summed E-state index contributed by atoms with van der Waals surface area (Å²) in [6.07, 6.45) is 7.14. The monoisotopic (exact) mass is 445 g/mol. The van der Waals surface area contributed by atoms with Crippen LogP contribution in [0.5, 0.6) is 0 Å². The SMILES string of the molecule is CC[C@H]1CN(S(C)(=O)=O)C[C@H]1Nc1c(C(N)=O)cnn2cc(-c3cnn(C)c3C)cc12. The second-order valence-electron chi connectivity index (χ2n) is 8.12. The smallest absolute Gasteiger partial charge is 0.252 e. The Bertz CT molecular complexity index is 1260. The van der Waals surface area contributed by atoms with Crippen molar-refractivity contribution in [3.05, 3.63) is 35.9 Å². The molecule has 1 amide bonds. The number of rotatable bonds is 6. The lowest BCUT2D eigenvalue weighted by Gasteiger charge is -2.21. The topological polar surface area (TPSA) is 128 Å². The third kappa shape index (κ3) is 3.79. The minimum Gasteiger partial charge on any atom is -0.378 e. The molecule has 3 aromatic heterocycles. The molecule has 0 bridgehead atoms. The Balaban J connectivity index is 1.79. The highest BCUT2D eigenvalue weighted by atomic mass is 32.2. The Morgan fingerprint density at radius 3 is 2.61 bits per heavy atom. The fourth-order valence-electron chi connectivity index (χ4n) is 4.19. The number of aromatic nitrogens is 4. The summed E-state index contributed by atoms with van der Waals surface area (Å²) >= 11 is 0. The van der Waals surface area contributed by atoms with Crippen LogP contribution in [0.25, 0.3) is 16.6 Å². The molecule has 1 fully saturated rings. The van der Waals surface area contributed by atoms with Gasteiger partial charge in [0.05, 0.1) is 35.4 Å².